The predicted molar refractivity (Wildman–Crippen MR) is 116 cm³/mol. The minimum atomic E-state index is -0.565. The highest BCUT2D eigenvalue weighted by molar-refractivity contribution is 6.09. The fourth-order valence-electron chi connectivity index (χ4n) is 3.11. The topological polar surface area (TPSA) is 179 Å². The first kappa shape index (κ1) is 21.2. The Morgan fingerprint density at radius 1 is 1.12 bits per heavy atom. The molecule has 0 aliphatic heterocycles. The molecule has 2 aromatic heterocycles. The Balaban J connectivity index is 1.59. The number of benzene rings is 2. The van der Waals surface area contributed by atoms with Crippen molar-refractivity contribution in [2.24, 2.45) is 0 Å². The second-order valence-electron chi connectivity index (χ2n) is 6.84. The molecular formula is C21H16N8O4. The van der Waals surface area contributed by atoms with Gasteiger partial charge in [0.15, 0.2) is 6.61 Å². The van der Waals surface area contributed by atoms with Crippen LogP contribution in [-0.4, -0.2) is 50.0 Å². The number of carbonyl (C=O) groups is 3. The summed E-state index contributed by atoms with van der Waals surface area (Å²) in [4.78, 5) is 38.9. The molecule has 0 fully saturated rings. The second kappa shape index (κ2) is 8.98. The summed E-state index contributed by atoms with van der Waals surface area (Å²) in [5.74, 6) is -1.32. The number of rotatable bonds is 6. The highest BCUT2D eigenvalue weighted by Crippen LogP contribution is 2.28. The average molecular weight is 444 g/mol. The van der Waals surface area contributed by atoms with Crippen LogP contribution < -0.4 is 10.6 Å². The molecule has 33 heavy (non-hydrogen) atoms. The van der Waals surface area contributed by atoms with Crippen LogP contribution in [0.15, 0.2) is 42.5 Å². The Kier molecular flexibility index (Phi) is 5.77. The third-order valence-electron chi connectivity index (χ3n) is 4.56. The number of ether oxygens (including phenoxy) is 1. The average Bonchev–Trinajstić information content (AvgIpc) is 3.48. The molecular weight excluding hydrogens is 428 g/mol. The van der Waals surface area contributed by atoms with Crippen LogP contribution in [0.2, 0.25) is 0 Å². The van der Waals surface area contributed by atoms with Crippen LogP contribution in [0.1, 0.15) is 23.0 Å². The van der Waals surface area contributed by atoms with Gasteiger partial charge in [0.1, 0.15) is 5.69 Å². The summed E-state index contributed by atoms with van der Waals surface area (Å²) in [7, 11) is 0. The molecule has 2 amide bonds. The number of H-pyrrole nitrogens is 2. The van der Waals surface area contributed by atoms with Crippen molar-refractivity contribution in [2.75, 3.05) is 17.2 Å². The normalized spacial score (nSPS) is 10.4. The maximum absolute atomic E-state index is 13.0. The van der Waals surface area contributed by atoms with Crippen molar-refractivity contribution in [3.8, 4) is 17.5 Å². The molecule has 2 heterocycles. The Bertz CT molecular complexity index is 1400. The van der Waals surface area contributed by atoms with Crippen molar-refractivity contribution >= 4 is 40.1 Å². The maximum Gasteiger partial charge on any atom is 0.303 e. The molecule has 0 bridgehead atoms. The molecule has 0 radical (unpaired) electrons. The molecule has 0 unspecified atom stereocenters. The Labute approximate surface area is 185 Å². The summed E-state index contributed by atoms with van der Waals surface area (Å²) < 4.78 is 4.69. The fourth-order valence-corrected chi connectivity index (χ4v) is 3.11. The molecule has 12 nitrogen and oxygen atoms in total. The first-order chi connectivity index (χ1) is 15.9. The number of nitriles is 1. The number of hydrogen-bond acceptors (Lipinski definition) is 8. The zero-order chi connectivity index (χ0) is 23.4. The zero-order valence-corrected chi connectivity index (χ0v) is 17.2. The number of para-hydroxylation sites is 1. The molecule has 4 aromatic rings. The van der Waals surface area contributed by atoms with Crippen LogP contribution in [0.3, 0.4) is 0 Å². The van der Waals surface area contributed by atoms with Gasteiger partial charge in [0, 0.05) is 17.9 Å². The van der Waals surface area contributed by atoms with E-state index >= 15 is 0 Å². The number of fused-ring (bicyclic) bond motifs is 1. The highest BCUT2D eigenvalue weighted by Gasteiger charge is 2.17. The van der Waals surface area contributed by atoms with Crippen LogP contribution in [-0.2, 0) is 14.3 Å². The molecule has 0 atom stereocenters. The van der Waals surface area contributed by atoms with E-state index in [0.717, 1.165) is 0 Å². The first-order valence-corrected chi connectivity index (χ1v) is 9.59. The van der Waals surface area contributed by atoms with E-state index in [1.807, 2.05) is 6.07 Å². The van der Waals surface area contributed by atoms with E-state index in [9.17, 15) is 19.6 Å². The molecule has 0 aliphatic rings. The third kappa shape index (κ3) is 4.67. The Morgan fingerprint density at radius 2 is 1.97 bits per heavy atom. The van der Waals surface area contributed by atoms with Gasteiger partial charge in [-0.05, 0) is 35.5 Å². The van der Waals surface area contributed by atoms with E-state index in [4.69, 9.17) is 4.74 Å². The van der Waals surface area contributed by atoms with Gasteiger partial charge in [0.05, 0.1) is 28.5 Å². The lowest BCUT2D eigenvalue weighted by Gasteiger charge is -2.08. The van der Waals surface area contributed by atoms with Crippen molar-refractivity contribution in [1.82, 2.24) is 25.6 Å². The summed E-state index contributed by atoms with van der Waals surface area (Å²) in [5.41, 5.74) is 2.36. The van der Waals surface area contributed by atoms with Crippen molar-refractivity contribution in [3.05, 3.63) is 53.7 Å². The SMILES string of the molecule is CC(=O)OCC(=O)Nc1cccc2cc(C(=O)Nc3ccc(C#N)cc3-c3nn[nH]n3)[nH]c12. The lowest BCUT2D eigenvalue weighted by molar-refractivity contribution is -0.144. The van der Waals surface area contributed by atoms with Gasteiger partial charge in [0.2, 0.25) is 5.82 Å². The van der Waals surface area contributed by atoms with Gasteiger partial charge in [-0.15, -0.1) is 10.2 Å². The molecule has 164 valence electrons. The summed E-state index contributed by atoms with van der Waals surface area (Å²) in [6, 6.07) is 13.5. The van der Waals surface area contributed by atoms with E-state index in [1.54, 1.807) is 42.5 Å². The van der Waals surface area contributed by atoms with E-state index in [-0.39, 0.29) is 11.5 Å². The van der Waals surface area contributed by atoms with Crippen molar-refractivity contribution in [2.45, 2.75) is 6.92 Å². The molecule has 2 aromatic carbocycles. The Morgan fingerprint density at radius 3 is 2.70 bits per heavy atom. The number of aromatic nitrogens is 5. The summed E-state index contributed by atoms with van der Waals surface area (Å²) in [6.07, 6.45) is 0. The fraction of sp³-hybridized carbons (Fsp3) is 0.0952. The number of aromatic amines is 2. The van der Waals surface area contributed by atoms with E-state index < -0.39 is 24.4 Å². The van der Waals surface area contributed by atoms with E-state index in [1.165, 1.54) is 6.92 Å². The number of hydrogen-bond donors (Lipinski definition) is 4. The lowest BCUT2D eigenvalue weighted by atomic mass is 10.1. The van der Waals surface area contributed by atoms with E-state index in [0.29, 0.717) is 33.4 Å². The lowest BCUT2D eigenvalue weighted by Crippen LogP contribution is -2.20. The van der Waals surface area contributed by atoms with Gasteiger partial charge in [-0.1, -0.05) is 12.1 Å². The summed E-state index contributed by atoms with van der Waals surface area (Å²) >= 11 is 0. The van der Waals surface area contributed by atoms with Crippen LogP contribution in [0.5, 0.6) is 0 Å². The zero-order valence-electron chi connectivity index (χ0n) is 17.2. The minimum Gasteiger partial charge on any atom is -0.456 e. The van der Waals surface area contributed by atoms with Gasteiger partial charge in [-0.2, -0.15) is 10.5 Å². The van der Waals surface area contributed by atoms with Gasteiger partial charge in [-0.25, -0.2) is 0 Å². The monoisotopic (exact) mass is 444 g/mol. The number of tetrazole rings is 1. The molecule has 0 saturated carbocycles. The van der Waals surface area contributed by atoms with E-state index in [2.05, 4.69) is 36.2 Å². The first-order valence-electron chi connectivity index (χ1n) is 9.59. The third-order valence-corrected chi connectivity index (χ3v) is 4.56. The minimum absolute atomic E-state index is 0.219. The number of esters is 1. The smallest absolute Gasteiger partial charge is 0.303 e. The highest BCUT2D eigenvalue weighted by atomic mass is 16.5. The largest absolute Gasteiger partial charge is 0.456 e. The number of carbonyl (C=O) groups excluding carboxylic acids is 3. The quantitative estimate of drug-likeness (QED) is 0.326. The number of nitrogens with zero attached hydrogens (tertiary/aromatic N) is 4. The van der Waals surface area contributed by atoms with Gasteiger partial charge in [0.25, 0.3) is 11.8 Å². The molecule has 0 aliphatic carbocycles. The number of amides is 2. The molecule has 4 N–H and O–H groups in total. The van der Waals surface area contributed by atoms with Gasteiger partial charge in [-0.3, -0.25) is 14.4 Å². The van der Waals surface area contributed by atoms with Crippen LogP contribution in [0, 0.1) is 11.3 Å². The van der Waals surface area contributed by atoms with Crippen molar-refractivity contribution < 1.29 is 19.1 Å². The van der Waals surface area contributed by atoms with Crippen LogP contribution >= 0.6 is 0 Å². The molecule has 0 spiro atoms. The van der Waals surface area contributed by atoms with Gasteiger partial charge >= 0.3 is 5.97 Å². The number of nitrogens with one attached hydrogen (secondary N) is 4. The van der Waals surface area contributed by atoms with Crippen molar-refractivity contribution in [3.63, 3.8) is 0 Å². The van der Waals surface area contributed by atoms with Crippen molar-refractivity contribution in [1.29, 1.82) is 5.26 Å². The molecule has 4 rings (SSSR count). The van der Waals surface area contributed by atoms with Crippen LogP contribution in [0.25, 0.3) is 22.3 Å². The molecule has 0 saturated heterocycles. The predicted octanol–water partition coefficient (Wildman–Crippen LogP) is 1.97. The Hall–Kier alpha value is -5.05. The number of anilines is 2. The maximum atomic E-state index is 13.0. The van der Waals surface area contributed by atoms with Crippen LogP contribution in [0.4, 0.5) is 11.4 Å². The summed E-state index contributed by atoms with van der Waals surface area (Å²) in [6.45, 7) is 0.791. The molecule has 12 heteroatoms. The summed E-state index contributed by atoms with van der Waals surface area (Å²) in [5, 5.41) is 29.0. The standard InChI is InChI=1S/C21H16N8O4/c1-11(30)33-10-18(31)23-16-4-2-3-13-8-17(24-19(13)16)21(32)25-15-6-5-12(9-22)7-14(15)20-26-28-29-27-20/h2-8,24H,10H2,1H3,(H,23,31)(H,25,32)(H,26,27,28,29). The van der Waals surface area contributed by atoms with Gasteiger partial charge < -0.3 is 20.4 Å². The second-order valence-corrected chi connectivity index (χ2v) is 6.84.